The minimum Gasteiger partial charge on any atom is -0.345 e. The normalized spacial score (nSPS) is 11.9. The number of rotatable bonds is 9. The third-order valence-corrected chi connectivity index (χ3v) is 8.42. The number of amides is 2. The van der Waals surface area contributed by atoms with E-state index in [2.05, 4.69) is 26.6 Å². The second-order valence-corrected chi connectivity index (χ2v) is 11.8. The summed E-state index contributed by atoms with van der Waals surface area (Å²) in [7, 11) is -4.07. The average molecular weight is 607 g/mol. The Balaban J connectivity index is 1.57. The van der Waals surface area contributed by atoms with Crippen molar-refractivity contribution in [3.63, 3.8) is 0 Å². The summed E-state index contributed by atoms with van der Waals surface area (Å²) in [6, 6.07) is 29.0. The number of benzene rings is 4. The lowest BCUT2D eigenvalue weighted by Gasteiger charge is -2.24. The number of carbonyl (C=O) groups excluding carboxylic acids is 2. The molecule has 200 valence electrons. The Bertz CT molecular complexity index is 1560. The van der Waals surface area contributed by atoms with Crippen LogP contribution in [0.25, 0.3) is 0 Å². The zero-order chi connectivity index (χ0) is 28.0. The van der Waals surface area contributed by atoms with Gasteiger partial charge in [0.25, 0.3) is 15.9 Å². The molecule has 2 amide bonds. The Morgan fingerprint density at radius 1 is 0.846 bits per heavy atom. The van der Waals surface area contributed by atoms with Gasteiger partial charge >= 0.3 is 0 Å². The van der Waals surface area contributed by atoms with Crippen molar-refractivity contribution in [2.75, 3.05) is 16.2 Å². The van der Waals surface area contributed by atoms with E-state index in [0.717, 1.165) is 19.9 Å². The van der Waals surface area contributed by atoms with Crippen LogP contribution < -0.4 is 14.9 Å². The van der Waals surface area contributed by atoms with E-state index in [4.69, 9.17) is 0 Å². The highest BCUT2D eigenvalue weighted by molar-refractivity contribution is 9.10. The van der Waals surface area contributed by atoms with E-state index in [0.29, 0.717) is 5.69 Å². The van der Waals surface area contributed by atoms with Gasteiger partial charge in [0.1, 0.15) is 6.54 Å². The number of nitrogens with zero attached hydrogens (tertiary/aromatic N) is 1. The lowest BCUT2D eigenvalue weighted by atomic mass is 10.1. The molecule has 0 unspecified atom stereocenters. The van der Waals surface area contributed by atoms with Crippen LogP contribution in [0.3, 0.4) is 0 Å². The smallest absolute Gasteiger partial charge is 0.264 e. The number of hydrogen-bond donors (Lipinski definition) is 2. The maximum absolute atomic E-state index is 13.6. The molecule has 39 heavy (non-hydrogen) atoms. The van der Waals surface area contributed by atoms with E-state index in [1.54, 1.807) is 60.7 Å². The number of anilines is 2. The second kappa shape index (κ2) is 12.3. The van der Waals surface area contributed by atoms with E-state index in [-0.39, 0.29) is 28.1 Å². The number of hydrogen-bond acceptors (Lipinski definition) is 4. The molecule has 0 aliphatic carbocycles. The quantitative estimate of drug-likeness (QED) is 0.241. The molecule has 0 aliphatic heterocycles. The van der Waals surface area contributed by atoms with Crippen LogP contribution >= 0.6 is 15.9 Å². The molecule has 0 bridgehead atoms. The minimum atomic E-state index is -4.07. The third kappa shape index (κ3) is 6.93. The number of aryl methyl sites for hydroxylation is 1. The molecule has 4 rings (SSSR count). The number of carbonyl (C=O) groups is 2. The lowest BCUT2D eigenvalue weighted by Crippen LogP contribution is -2.38. The van der Waals surface area contributed by atoms with Gasteiger partial charge in [-0.15, -0.1) is 0 Å². The van der Waals surface area contributed by atoms with Crippen LogP contribution in [0.5, 0.6) is 0 Å². The summed E-state index contributed by atoms with van der Waals surface area (Å²) < 4.78 is 29.1. The Labute approximate surface area is 237 Å². The molecule has 0 radical (unpaired) electrons. The van der Waals surface area contributed by atoms with Crippen LogP contribution in [0.4, 0.5) is 11.4 Å². The standard InChI is InChI=1S/C30H28BrN3O4S/c1-21-12-18-26(19-13-21)39(37,38)34(25-16-14-24(31)15-17-25)20-29(35)33-28-11-7-6-10-27(28)30(36)32-22(2)23-8-4-3-5-9-23/h3-19,22H,20H2,1-2H3,(H,32,36)(H,33,35)/t22-/m0/s1. The highest BCUT2D eigenvalue weighted by Gasteiger charge is 2.28. The molecule has 2 N–H and O–H groups in total. The van der Waals surface area contributed by atoms with Crippen molar-refractivity contribution >= 4 is 49.1 Å². The van der Waals surface area contributed by atoms with Crippen molar-refractivity contribution < 1.29 is 18.0 Å². The molecule has 7 nitrogen and oxygen atoms in total. The van der Waals surface area contributed by atoms with Crippen LogP contribution in [0.1, 0.15) is 34.5 Å². The first-order chi connectivity index (χ1) is 18.6. The summed E-state index contributed by atoms with van der Waals surface area (Å²) in [6.07, 6.45) is 0. The van der Waals surface area contributed by atoms with Crippen LogP contribution in [-0.2, 0) is 14.8 Å². The van der Waals surface area contributed by atoms with Gasteiger partial charge in [0, 0.05) is 4.47 Å². The second-order valence-electron chi connectivity index (χ2n) is 9.00. The zero-order valence-electron chi connectivity index (χ0n) is 21.5. The maximum Gasteiger partial charge on any atom is 0.264 e. The number of nitrogens with one attached hydrogen (secondary N) is 2. The summed E-state index contributed by atoms with van der Waals surface area (Å²) in [6.45, 7) is 3.25. The fourth-order valence-corrected chi connectivity index (χ4v) is 5.65. The highest BCUT2D eigenvalue weighted by atomic mass is 79.9. The molecule has 9 heteroatoms. The van der Waals surface area contributed by atoms with E-state index in [1.807, 2.05) is 44.2 Å². The zero-order valence-corrected chi connectivity index (χ0v) is 23.9. The Morgan fingerprint density at radius 2 is 1.46 bits per heavy atom. The van der Waals surface area contributed by atoms with Crippen LogP contribution in [0.15, 0.2) is 112 Å². The van der Waals surface area contributed by atoms with Crippen molar-refractivity contribution in [1.29, 1.82) is 0 Å². The molecule has 0 aromatic heterocycles. The lowest BCUT2D eigenvalue weighted by molar-refractivity contribution is -0.114. The molecule has 0 aliphatic rings. The monoisotopic (exact) mass is 605 g/mol. The molecule has 0 fully saturated rings. The van der Waals surface area contributed by atoms with E-state index >= 15 is 0 Å². The molecule has 4 aromatic rings. The highest BCUT2D eigenvalue weighted by Crippen LogP contribution is 2.26. The molecular weight excluding hydrogens is 578 g/mol. The Morgan fingerprint density at radius 3 is 2.13 bits per heavy atom. The van der Waals surface area contributed by atoms with Crippen molar-refractivity contribution in [2.24, 2.45) is 0 Å². The molecular formula is C30H28BrN3O4S. The van der Waals surface area contributed by atoms with Crippen molar-refractivity contribution in [1.82, 2.24) is 5.32 Å². The SMILES string of the molecule is Cc1ccc(S(=O)(=O)N(CC(=O)Nc2ccccc2C(=O)N[C@@H](C)c2ccccc2)c2ccc(Br)cc2)cc1. The van der Waals surface area contributed by atoms with Gasteiger partial charge in [-0.1, -0.05) is 76.1 Å². The van der Waals surface area contributed by atoms with Gasteiger partial charge in [-0.25, -0.2) is 8.42 Å². The first-order valence-electron chi connectivity index (χ1n) is 12.2. The van der Waals surface area contributed by atoms with Gasteiger partial charge in [-0.05, 0) is 67.9 Å². The maximum atomic E-state index is 13.6. The van der Waals surface area contributed by atoms with Gasteiger partial charge in [0.2, 0.25) is 5.91 Å². The molecule has 0 spiro atoms. The van der Waals surface area contributed by atoms with Crippen LogP contribution in [-0.4, -0.2) is 26.8 Å². The van der Waals surface area contributed by atoms with Gasteiger partial charge in [0.05, 0.1) is 27.9 Å². The largest absolute Gasteiger partial charge is 0.345 e. The van der Waals surface area contributed by atoms with Crippen molar-refractivity contribution in [3.8, 4) is 0 Å². The first kappa shape index (κ1) is 28.1. The Hall–Kier alpha value is -3.95. The van der Waals surface area contributed by atoms with Gasteiger partial charge < -0.3 is 10.6 Å². The fourth-order valence-electron chi connectivity index (χ4n) is 3.97. The van der Waals surface area contributed by atoms with Gasteiger partial charge in [-0.2, -0.15) is 0 Å². The predicted octanol–water partition coefficient (Wildman–Crippen LogP) is 6.08. The van der Waals surface area contributed by atoms with Crippen LogP contribution in [0, 0.1) is 6.92 Å². The summed E-state index contributed by atoms with van der Waals surface area (Å²) in [5.41, 5.74) is 2.74. The number of para-hydroxylation sites is 1. The predicted molar refractivity (Wildman–Crippen MR) is 157 cm³/mol. The summed E-state index contributed by atoms with van der Waals surface area (Å²) in [5.74, 6) is -0.954. The minimum absolute atomic E-state index is 0.0681. The summed E-state index contributed by atoms with van der Waals surface area (Å²) in [4.78, 5) is 26.4. The van der Waals surface area contributed by atoms with E-state index in [1.165, 1.54) is 12.1 Å². The molecule has 1 atom stereocenters. The molecule has 0 saturated carbocycles. The molecule has 0 saturated heterocycles. The summed E-state index contributed by atoms with van der Waals surface area (Å²) in [5, 5.41) is 5.68. The van der Waals surface area contributed by atoms with E-state index < -0.39 is 22.5 Å². The molecule has 4 aromatic carbocycles. The molecule has 0 heterocycles. The fraction of sp³-hybridized carbons (Fsp3) is 0.133. The topological polar surface area (TPSA) is 95.6 Å². The van der Waals surface area contributed by atoms with E-state index in [9.17, 15) is 18.0 Å². The summed E-state index contributed by atoms with van der Waals surface area (Å²) >= 11 is 3.36. The third-order valence-electron chi connectivity index (χ3n) is 6.10. The number of sulfonamides is 1. The van der Waals surface area contributed by atoms with Gasteiger partial charge in [0.15, 0.2) is 0 Å². The van der Waals surface area contributed by atoms with Crippen molar-refractivity contribution in [3.05, 3.63) is 124 Å². The average Bonchev–Trinajstić information content (AvgIpc) is 2.93. The van der Waals surface area contributed by atoms with Gasteiger partial charge in [-0.3, -0.25) is 13.9 Å². The van der Waals surface area contributed by atoms with Crippen LogP contribution in [0.2, 0.25) is 0 Å². The number of halogens is 1. The first-order valence-corrected chi connectivity index (χ1v) is 14.5. The Kier molecular flexibility index (Phi) is 8.83. The van der Waals surface area contributed by atoms with Crippen molar-refractivity contribution in [2.45, 2.75) is 24.8 Å².